The number of hydrogen-bond donors (Lipinski definition) is 3. The van der Waals surface area contributed by atoms with Crippen molar-refractivity contribution in [2.45, 2.75) is 25.6 Å². The maximum absolute atomic E-state index is 12.9. The average Bonchev–Trinajstić information content (AvgIpc) is 2.31. The highest BCUT2D eigenvalue weighted by atomic mass is 32.2. The number of aliphatic hydroxyl groups is 2. The van der Waals surface area contributed by atoms with Crippen LogP contribution in [0.3, 0.4) is 0 Å². The summed E-state index contributed by atoms with van der Waals surface area (Å²) in [6.07, 6.45) is -1.88. The summed E-state index contributed by atoms with van der Waals surface area (Å²) in [5.41, 5.74) is 5.67. The zero-order chi connectivity index (χ0) is 13.7. The highest BCUT2D eigenvalue weighted by Crippen LogP contribution is 2.23. The zero-order valence-electron chi connectivity index (χ0n) is 9.97. The number of halogens is 1. The van der Waals surface area contributed by atoms with Crippen LogP contribution in [-0.2, 0) is 4.79 Å². The SMILES string of the molecule is CC(=O)SCCC(O)C(O)c1ccc(F)c(N)c1. The van der Waals surface area contributed by atoms with E-state index in [0.717, 1.165) is 17.8 Å². The molecule has 2 unspecified atom stereocenters. The maximum atomic E-state index is 12.9. The Kier molecular flexibility index (Phi) is 5.58. The molecule has 0 amide bonds. The Bertz CT molecular complexity index is 428. The number of thioether (sulfide) groups is 1. The molecule has 0 saturated carbocycles. The summed E-state index contributed by atoms with van der Waals surface area (Å²) >= 11 is 1.08. The Labute approximate surface area is 109 Å². The first-order valence-electron chi connectivity index (χ1n) is 5.46. The van der Waals surface area contributed by atoms with Gasteiger partial charge in [-0.25, -0.2) is 4.39 Å². The number of nitrogen functional groups attached to an aromatic ring is 1. The molecule has 0 aliphatic heterocycles. The van der Waals surface area contributed by atoms with E-state index >= 15 is 0 Å². The predicted molar refractivity (Wildman–Crippen MR) is 69.5 cm³/mol. The van der Waals surface area contributed by atoms with E-state index in [9.17, 15) is 19.4 Å². The quantitative estimate of drug-likeness (QED) is 0.708. The van der Waals surface area contributed by atoms with Crippen molar-refractivity contribution >= 4 is 22.6 Å². The lowest BCUT2D eigenvalue weighted by Gasteiger charge is -2.18. The second-order valence-corrected chi connectivity index (χ2v) is 5.19. The molecule has 1 aromatic carbocycles. The van der Waals surface area contributed by atoms with Crippen LogP contribution < -0.4 is 5.73 Å². The van der Waals surface area contributed by atoms with Crippen molar-refractivity contribution in [3.63, 3.8) is 0 Å². The van der Waals surface area contributed by atoms with E-state index in [2.05, 4.69) is 0 Å². The lowest BCUT2D eigenvalue weighted by molar-refractivity contribution is -0.109. The number of benzene rings is 1. The van der Waals surface area contributed by atoms with Gasteiger partial charge in [0.05, 0.1) is 11.8 Å². The molecule has 0 radical (unpaired) electrons. The summed E-state index contributed by atoms with van der Waals surface area (Å²) < 4.78 is 12.9. The second kappa shape index (κ2) is 6.72. The summed E-state index contributed by atoms with van der Waals surface area (Å²) in [6, 6.07) is 3.81. The molecule has 100 valence electrons. The molecule has 0 aromatic heterocycles. The molecule has 18 heavy (non-hydrogen) atoms. The van der Waals surface area contributed by atoms with Gasteiger partial charge in [0.15, 0.2) is 5.12 Å². The van der Waals surface area contributed by atoms with Crippen LogP contribution in [0.4, 0.5) is 10.1 Å². The minimum absolute atomic E-state index is 0.0392. The highest BCUT2D eigenvalue weighted by molar-refractivity contribution is 8.13. The van der Waals surface area contributed by atoms with Gasteiger partial charge in [-0.2, -0.15) is 0 Å². The van der Waals surface area contributed by atoms with Gasteiger partial charge in [-0.1, -0.05) is 17.8 Å². The number of nitrogens with two attached hydrogens (primary N) is 1. The van der Waals surface area contributed by atoms with Gasteiger partial charge >= 0.3 is 0 Å². The molecule has 0 bridgehead atoms. The van der Waals surface area contributed by atoms with Gasteiger partial charge in [0.25, 0.3) is 0 Å². The van der Waals surface area contributed by atoms with Gasteiger partial charge in [-0.15, -0.1) is 0 Å². The van der Waals surface area contributed by atoms with Crippen molar-refractivity contribution in [1.82, 2.24) is 0 Å². The minimum atomic E-state index is -1.14. The van der Waals surface area contributed by atoms with Gasteiger partial charge in [-0.05, 0) is 24.1 Å². The standard InChI is InChI=1S/C12H16FNO3S/c1-7(15)18-5-4-11(16)12(17)8-2-3-9(13)10(14)6-8/h2-3,6,11-12,16-17H,4-5,14H2,1H3. The van der Waals surface area contributed by atoms with E-state index in [1.165, 1.54) is 19.1 Å². The molecule has 0 saturated heterocycles. The Balaban J connectivity index is 2.59. The van der Waals surface area contributed by atoms with Crippen molar-refractivity contribution in [3.05, 3.63) is 29.6 Å². The van der Waals surface area contributed by atoms with E-state index in [0.29, 0.717) is 11.3 Å². The lowest BCUT2D eigenvalue weighted by Crippen LogP contribution is -2.19. The fourth-order valence-electron chi connectivity index (χ4n) is 1.45. The molecule has 4 N–H and O–H groups in total. The van der Waals surface area contributed by atoms with Crippen LogP contribution >= 0.6 is 11.8 Å². The van der Waals surface area contributed by atoms with Crippen LogP contribution in [0.25, 0.3) is 0 Å². The molecular formula is C12H16FNO3S. The topological polar surface area (TPSA) is 83.5 Å². The third-order valence-electron chi connectivity index (χ3n) is 2.44. The Hall–Kier alpha value is -1.11. The van der Waals surface area contributed by atoms with Crippen molar-refractivity contribution in [2.24, 2.45) is 0 Å². The van der Waals surface area contributed by atoms with Gasteiger partial charge < -0.3 is 15.9 Å². The third-order valence-corrected chi connectivity index (χ3v) is 3.29. The first-order chi connectivity index (χ1) is 8.41. The molecule has 1 aromatic rings. The molecule has 0 aliphatic rings. The van der Waals surface area contributed by atoms with Crippen LogP contribution in [0.2, 0.25) is 0 Å². The van der Waals surface area contributed by atoms with Crippen LogP contribution in [0, 0.1) is 5.82 Å². The van der Waals surface area contributed by atoms with E-state index < -0.39 is 18.0 Å². The van der Waals surface area contributed by atoms with Crippen LogP contribution in [0.5, 0.6) is 0 Å². The van der Waals surface area contributed by atoms with Gasteiger partial charge in [0.2, 0.25) is 0 Å². The van der Waals surface area contributed by atoms with E-state index in [1.54, 1.807) is 0 Å². The molecule has 6 heteroatoms. The Morgan fingerprint density at radius 1 is 1.50 bits per heavy atom. The van der Waals surface area contributed by atoms with Crippen molar-refractivity contribution < 1.29 is 19.4 Å². The number of anilines is 1. The highest BCUT2D eigenvalue weighted by Gasteiger charge is 2.19. The maximum Gasteiger partial charge on any atom is 0.185 e. The fraction of sp³-hybridized carbons (Fsp3) is 0.417. The average molecular weight is 273 g/mol. The van der Waals surface area contributed by atoms with E-state index in [4.69, 9.17) is 5.73 Å². The number of carbonyl (C=O) groups excluding carboxylic acids is 1. The fourth-order valence-corrected chi connectivity index (χ4v) is 2.10. The Morgan fingerprint density at radius 2 is 2.17 bits per heavy atom. The van der Waals surface area contributed by atoms with Crippen LogP contribution in [0.1, 0.15) is 25.0 Å². The monoisotopic (exact) mass is 273 g/mol. The largest absolute Gasteiger partial charge is 0.396 e. The molecule has 0 aliphatic carbocycles. The summed E-state index contributed by atoms with van der Waals surface area (Å²) in [5, 5.41) is 19.5. The van der Waals surface area contributed by atoms with Crippen LogP contribution in [-0.4, -0.2) is 27.2 Å². The first-order valence-corrected chi connectivity index (χ1v) is 6.44. The van der Waals surface area contributed by atoms with Gasteiger partial charge in [0, 0.05) is 12.7 Å². The first kappa shape index (κ1) is 14.9. The zero-order valence-corrected chi connectivity index (χ0v) is 10.8. The summed E-state index contributed by atoms with van der Waals surface area (Å²) in [7, 11) is 0. The van der Waals surface area contributed by atoms with Crippen molar-refractivity contribution in [1.29, 1.82) is 0 Å². The molecular weight excluding hydrogens is 257 g/mol. The predicted octanol–water partition coefficient (Wildman–Crippen LogP) is 1.47. The summed E-state index contributed by atoms with van der Waals surface area (Å²) in [6.45, 7) is 1.44. The van der Waals surface area contributed by atoms with Gasteiger partial charge in [-0.3, -0.25) is 4.79 Å². The third kappa shape index (κ3) is 4.29. The lowest BCUT2D eigenvalue weighted by atomic mass is 10.0. The number of hydrogen-bond acceptors (Lipinski definition) is 5. The van der Waals surface area contributed by atoms with E-state index in [1.807, 2.05) is 0 Å². The minimum Gasteiger partial charge on any atom is -0.396 e. The summed E-state index contributed by atoms with van der Waals surface area (Å²) in [4.78, 5) is 10.7. The normalized spacial score (nSPS) is 14.2. The molecule has 0 heterocycles. The van der Waals surface area contributed by atoms with Gasteiger partial charge in [0.1, 0.15) is 11.9 Å². The van der Waals surface area contributed by atoms with Crippen LogP contribution in [0.15, 0.2) is 18.2 Å². The number of aliphatic hydroxyl groups excluding tert-OH is 2. The second-order valence-electron chi connectivity index (χ2n) is 3.92. The van der Waals surface area contributed by atoms with Crippen molar-refractivity contribution in [3.8, 4) is 0 Å². The smallest absolute Gasteiger partial charge is 0.185 e. The Morgan fingerprint density at radius 3 is 2.72 bits per heavy atom. The summed E-state index contributed by atoms with van der Waals surface area (Å²) in [5.74, 6) is -0.142. The molecule has 1 rings (SSSR count). The molecule has 4 nitrogen and oxygen atoms in total. The molecule has 0 spiro atoms. The number of rotatable bonds is 5. The van der Waals surface area contributed by atoms with Crippen molar-refractivity contribution in [2.75, 3.05) is 11.5 Å². The van der Waals surface area contributed by atoms with E-state index in [-0.39, 0.29) is 17.2 Å². The molecule has 2 atom stereocenters. The molecule has 0 fully saturated rings. The number of carbonyl (C=O) groups is 1.